The van der Waals surface area contributed by atoms with Crippen molar-refractivity contribution in [1.82, 2.24) is 25.3 Å². The van der Waals surface area contributed by atoms with Gasteiger partial charge < -0.3 is 25.9 Å². The Bertz CT molecular complexity index is 976. The molecule has 0 bridgehead atoms. The summed E-state index contributed by atoms with van der Waals surface area (Å²) in [7, 11) is 0. The van der Waals surface area contributed by atoms with Gasteiger partial charge in [-0.15, -0.1) is 12.4 Å². The van der Waals surface area contributed by atoms with E-state index in [1.165, 1.54) is 6.33 Å². The number of nitrogens with two attached hydrogens (primary N) is 1. The summed E-state index contributed by atoms with van der Waals surface area (Å²) in [6.45, 7) is 0.663. The lowest BCUT2D eigenvalue weighted by atomic mass is 10.1. The molecule has 154 valence electrons. The number of carboxylic acids is 1. The van der Waals surface area contributed by atoms with E-state index < -0.39 is 5.97 Å². The molecule has 3 rings (SSSR count). The van der Waals surface area contributed by atoms with Gasteiger partial charge in [-0.2, -0.15) is 9.97 Å². The largest absolute Gasteiger partial charge is 0.481 e. The van der Waals surface area contributed by atoms with Crippen LogP contribution in [0.25, 0.3) is 11.2 Å². The summed E-state index contributed by atoms with van der Waals surface area (Å²) in [5.41, 5.74) is 8.52. The second-order valence-electron chi connectivity index (χ2n) is 6.12. The highest BCUT2D eigenvalue weighted by Gasteiger charge is 2.10. The molecule has 0 aliphatic heterocycles. The Morgan fingerprint density at radius 2 is 1.86 bits per heavy atom. The molecule has 10 nitrogen and oxygen atoms in total. The van der Waals surface area contributed by atoms with E-state index in [-0.39, 0.29) is 43.7 Å². The zero-order valence-electron chi connectivity index (χ0n) is 15.4. The molecule has 0 atom stereocenters. The summed E-state index contributed by atoms with van der Waals surface area (Å²) >= 11 is 0. The predicted molar refractivity (Wildman–Crippen MR) is 107 cm³/mol. The molecule has 2 heterocycles. The average molecular weight is 421 g/mol. The van der Waals surface area contributed by atoms with Crippen LogP contribution in [-0.2, 0) is 22.7 Å². The number of fused-ring (bicyclic) bond motifs is 1. The van der Waals surface area contributed by atoms with E-state index in [1.54, 1.807) is 0 Å². The fourth-order valence-corrected chi connectivity index (χ4v) is 2.52. The number of hydrogen-bond acceptors (Lipinski definition) is 7. The third-order valence-electron chi connectivity index (χ3n) is 3.95. The fourth-order valence-electron chi connectivity index (χ4n) is 2.52. The van der Waals surface area contributed by atoms with E-state index in [1.807, 2.05) is 24.3 Å². The molecule has 11 heteroatoms. The molecule has 0 radical (unpaired) electrons. The number of benzene rings is 1. The first-order valence-electron chi connectivity index (χ1n) is 8.67. The number of anilines is 1. The molecule has 3 aromatic rings. The summed E-state index contributed by atoms with van der Waals surface area (Å²) in [6, 6.07) is 7.55. The topological polar surface area (TPSA) is 156 Å². The smallest absolute Gasteiger partial charge is 0.303 e. The van der Waals surface area contributed by atoms with Gasteiger partial charge in [0, 0.05) is 19.4 Å². The molecule has 0 aliphatic rings. The van der Waals surface area contributed by atoms with Crippen LogP contribution in [0.4, 0.5) is 5.95 Å². The van der Waals surface area contributed by atoms with Crippen LogP contribution in [0.15, 0.2) is 30.6 Å². The van der Waals surface area contributed by atoms with E-state index >= 15 is 0 Å². The van der Waals surface area contributed by atoms with Crippen molar-refractivity contribution in [2.45, 2.75) is 32.4 Å². The lowest BCUT2D eigenvalue weighted by Gasteiger charge is -2.08. The molecule has 2 aromatic heterocycles. The Labute approximate surface area is 172 Å². The quantitative estimate of drug-likeness (QED) is 0.408. The average Bonchev–Trinajstić information content (AvgIpc) is 3.13. The first-order valence-corrected chi connectivity index (χ1v) is 8.67. The molecule has 0 unspecified atom stereocenters. The van der Waals surface area contributed by atoms with Gasteiger partial charge in [-0.3, -0.25) is 9.59 Å². The van der Waals surface area contributed by atoms with Crippen LogP contribution in [0.2, 0.25) is 0 Å². The molecule has 5 N–H and O–H groups in total. The molecular weight excluding hydrogens is 400 g/mol. The number of carbonyl (C=O) groups excluding carboxylic acids is 1. The SMILES string of the molecule is Cl.Nc1nc(OCc2ccc(CNC(=O)CCCC(=O)O)cc2)c2[nH]cnc2n1. The second kappa shape index (κ2) is 10.2. The van der Waals surface area contributed by atoms with Crippen LogP contribution in [0, 0.1) is 0 Å². The van der Waals surface area contributed by atoms with Gasteiger partial charge in [-0.1, -0.05) is 24.3 Å². The number of hydrogen-bond donors (Lipinski definition) is 4. The lowest BCUT2D eigenvalue weighted by Crippen LogP contribution is -2.22. The van der Waals surface area contributed by atoms with Crippen molar-refractivity contribution in [3.63, 3.8) is 0 Å². The van der Waals surface area contributed by atoms with Gasteiger partial charge in [0.05, 0.1) is 6.33 Å². The second-order valence-corrected chi connectivity index (χ2v) is 6.12. The number of imidazole rings is 1. The first-order chi connectivity index (χ1) is 13.5. The Hall–Kier alpha value is -3.40. The summed E-state index contributed by atoms with van der Waals surface area (Å²) < 4.78 is 5.73. The maximum absolute atomic E-state index is 11.7. The summed E-state index contributed by atoms with van der Waals surface area (Å²) in [4.78, 5) is 37.2. The minimum Gasteiger partial charge on any atom is -0.481 e. The third-order valence-corrected chi connectivity index (χ3v) is 3.95. The lowest BCUT2D eigenvalue weighted by molar-refractivity contribution is -0.137. The molecule has 0 spiro atoms. The zero-order valence-corrected chi connectivity index (χ0v) is 16.2. The van der Waals surface area contributed by atoms with Gasteiger partial charge in [0.1, 0.15) is 12.1 Å². The van der Waals surface area contributed by atoms with Crippen molar-refractivity contribution in [3.05, 3.63) is 41.7 Å². The fraction of sp³-hybridized carbons (Fsp3) is 0.278. The van der Waals surface area contributed by atoms with Crippen molar-refractivity contribution in [2.24, 2.45) is 0 Å². The third kappa shape index (κ3) is 6.32. The molecule has 0 saturated carbocycles. The molecule has 0 saturated heterocycles. The van der Waals surface area contributed by atoms with Gasteiger partial charge in [-0.25, -0.2) is 4.98 Å². The van der Waals surface area contributed by atoms with E-state index in [2.05, 4.69) is 25.3 Å². The van der Waals surface area contributed by atoms with Crippen LogP contribution in [-0.4, -0.2) is 36.9 Å². The van der Waals surface area contributed by atoms with Gasteiger partial charge >= 0.3 is 5.97 Å². The van der Waals surface area contributed by atoms with Crippen molar-refractivity contribution in [3.8, 4) is 5.88 Å². The van der Waals surface area contributed by atoms with Crippen LogP contribution >= 0.6 is 12.4 Å². The number of aromatic amines is 1. The number of nitrogen functional groups attached to an aromatic ring is 1. The number of aliphatic carboxylic acids is 1. The summed E-state index contributed by atoms with van der Waals surface area (Å²) in [5, 5.41) is 11.3. The Balaban J connectivity index is 0.00000300. The molecule has 1 amide bonds. The highest BCUT2D eigenvalue weighted by molar-refractivity contribution is 5.85. The van der Waals surface area contributed by atoms with E-state index in [9.17, 15) is 9.59 Å². The summed E-state index contributed by atoms with van der Waals surface area (Å²) in [6.07, 6.45) is 2.01. The number of carboxylic acid groups (broad SMARTS) is 1. The van der Waals surface area contributed by atoms with Crippen LogP contribution in [0.1, 0.15) is 30.4 Å². The van der Waals surface area contributed by atoms with Crippen LogP contribution in [0.3, 0.4) is 0 Å². The number of carbonyl (C=O) groups is 2. The minimum atomic E-state index is -0.900. The summed E-state index contributed by atoms with van der Waals surface area (Å²) in [5.74, 6) is -0.649. The number of nitrogens with one attached hydrogen (secondary N) is 2. The minimum absolute atomic E-state index is 0. The maximum atomic E-state index is 11.7. The molecule has 0 fully saturated rings. The number of nitrogens with zero attached hydrogens (tertiary/aromatic N) is 3. The Morgan fingerprint density at radius 3 is 2.59 bits per heavy atom. The predicted octanol–water partition coefficient (Wildman–Crippen LogP) is 1.81. The monoisotopic (exact) mass is 420 g/mol. The number of aromatic nitrogens is 4. The number of ether oxygens (including phenoxy) is 1. The number of amides is 1. The first kappa shape index (κ1) is 21.9. The van der Waals surface area contributed by atoms with Gasteiger partial charge in [-0.05, 0) is 17.5 Å². The zero-order chi connectivity index (χ0) is 19.9. The van der Waals surface area contributed by atoms with E-state index in [0.717, 1.165) is 11.1 Å². The van der Waals surface area contributed by atoms with Crippen molar-refractivity contribution in [2.75, 3.05) is 5.73 Å². The van der Waals surface area contributed by atoms with Gasteiger partial charge in [0.25, 0.3) is 0 Å². The molecule has 1 aromatic carbocycles. The highest BCUT2D eigenvalue weighted by atomic mass is 35.5. The molecular formula is C18H21ClN6O4. The Morgan fingerprint density at radius 1 is 1.14 bits per heavy atom. The Kier molecular flexibility index (Phi) is 7.72. The number of rotatable bonds is 9. The van der Waals surface area contributed by atoms with E-state index in [0.29, 0.717) is 30.0 Å². The molecule has 0 aliphatic carbocycles. The van der Waals surface area contributed by atoms with Crippen molar-refractivity contribution in [1.29, 1.82) is 0 Å². The normalized spacial score (nSPS) is 10.3. The number of halogens is 1. The van der Waals surface area contributed by atoms with E-state index in [4.69, 9.17) is 15.6 Å². The van der Waals surface area contributed by atoms with Crippen molar-refractivity contribution >= 4 is 41.4 Å². The van der Waals surface area contributed by atoms with Gasteiger partial charge in [0.15, 0.2) is 5.65 Å². The van der Waals surface area contributed by atoms with Crippen LogP contribution in [0.5, 0.6) is 5.88 Å². The maximum Gasteiger partial charge on any atom is 0.303 e. The van der Waals surface area contributed by atoms with Crippen LogP contribution < -0.4 is 15.8 Å². The molecule has 29 heavy (non-hydrogen) atoms. The highest BCUT2D eigenvalue weighted by Crippen LogP contribution is 2.20. The van der Waals surface area contributed by atoms with Gasteiger partial charge in [0.2, 0.25) is 17.7 Å². The number of H-pyrrole nitrogens is 1. The van der Waals surface area contributed by atoms with Crippen molar-refractivity contribution < 1.29 is 19.4 Å². The standard InChI is InChI=1S/C18H20N6O4.ClH/c19-18-23-16-15(21-10-22-16)17(24-18)28-9-12-6-4-11(5-7-12)8-20-13(25)2-1-3-14(26)27;/h4-7,10H,1-3,8-9H2,(H,20,25)(H,26,27)(H3,19,21,22,23,24);1H.